The molecule has 1 aliphatic carbocycles. The first-order valence-corrected chi connectivity index (χ1v) is 8.73. The highest BCUT2D eigenvalue weighted by atomic mass is 127. The lowest BCUT2D eigenvalue weighted by molar-refractivity contribution is -0.127. The van der Waals surface area contributed by atoms with Gasteiger partial charge in [0.05, 0.1) is 15.3 Å². The molecule has 1 saturated heterocycles. The van der Waals surface area contributed by atoms with Gasteiger partial charge in [-0.15, -0.1) is 0 Å². The zero-order valence-corrected chi connectivity index (χ0v) is 11.6. The first kappa shape index (κ1) is 12.0. The monoisotopic (exact) mass is 341 g/mol. The number of piperidine rings is 1. The van der Waals surface area contributed by atoms with Gasteiger partial charge in [-0.05, 0) is 37.5 Å². The van der Waals surface area contributed by atoms with Crippen molar-refractivity contribution in [3.63, 3.8) is 0 Å². The number of nitrogens with one attached hydrogen (secondary N) is 1. The Morgan fingerprint density at radius 1 is 1.40 bits per heavy atom. The molecule has 1 aliphatic heterocycles. The summed E-state index contributed by atoms with van der Waals surface area (Å²) in [4.78, 5) is 11.4. The number of rotatable bonds is 2. The molecule has 15 heavy (non-hydrogen) atoms. The second-order valence-corrected chi connectivity index (χ2v) is 6.03. The van der Waals surface area contributed by atoms with Gasteiger partial charge in [-0.3, -0.25) is 4.79 Å². The highest BCUT2D eigenvalue weighted by molar-refractivity contribution is 14.2. The molecular weight excluding hydrogens is 325 g/mol. The van der Waals surface area contributed by atoms with Crippen LogP contribution >= 0.6 is 30.4 Å². The number of hydrogen-bond acceptors (Lipinski definition) is 3. The molecule has 3 nitrogen and oxygen atoms in total. The smallest absolute Gasteiger partial charge is 0.220 e. The highest BCUT2D eigenvalue weighted by Crippen LogP contribution is 2.44. The SMILES string of the molecule is O=C1CC2(CCN1)CCC(OSI)CC2. The second-order valence-electron chi connectivity index (χ2n) is 4.64. The molecule has 1 N–H and O–H groups in total. The molecule has 1 saturated carbocycles. The van der Waals surface area contributed by atoms with E-state index < -0.39 is 0 Å². The molecule has 2 rings (SSSR count). The Morgan fingerprint density at radius 2 is 2.13 bits per heavy atom. The third-order valence-electron chi connectivity index (χ3n) is 3.68. The van der Waals surface area contributed by atoms with E-state index in [9.17, 15) is 4.79 Å². The quantitative estimate of drug-likeness (QED) is 0.620. The van der Waals surface area contributed by atoms with Crippen LogP contribution in [0.1, 0.15) is 38.5 Å². The van der Waals surface area contributed by atoms with E-state index in [1.165, 1.54) is 9.21 Å². The van der Waals surface area contributed by atoms with Gasteiger partial charge in [0, 0.05) is 34.2 Å². The van der Waals surface area contributed by atoms with Crippen LogP contribution in [0.2, 0.25) is 0 Å². The third-order valence-corrected chi connectivity index (χ3v) is 4.65. The normalized spacial score (nSPS) is 36.6. The molecule has 0 unspecified atom stereocenters. The summed E-state index contributed by atoms with van der Waals surface area (Å²) in [5.41, 5.74) is 0.304. The summed E-state index contributed by atoms with van der Waals surface area (Å²) in [6, 6.07) is 0. The summed E-state index contributed by atoms with van der Waals surface area (Å²) in [6.07, 6.45) is 6.83. The van der Waals surface area contributed by atoms with Gasteiger partial charge in [-0.25, -0.2) is 0 Å². The predicted molar refractivity (Wildman–Crippen MR) is 69.6 cm³/mol. The topological polar surface area (TPSA) is 38.3 Å². The maximum Gasteiger partial charge on any atom is 0.220 e. The van der Waals surface area contributed by atoms with Crippen molar-refractivity contribution < 1.29 is 8.98 Å². The first-order valence-electron chi connectivity index (χ1n) is 5.45. The van der Waals surface area contributed by atoms with E-state index in [4.69, 9.17) is 4.18 Å². The Bertz CT molecular complexity index is 242. The molecule has 0 aromatic rings. The molecule has 86 valence electrons. The van der Waals surface area contributed by atoms with Crippen molar-refractivity contribution in [2.75, 3.05) is 6.54 Å². The number of hydrogen-bond donors (Lipinski definition) is 1. The van der Waals surface area contributed by atoms with Gasteiger partial charge in [0.1, 0.15) is 0 Å². The number of amides is 1. The zero-order valence-electron chi connectivity index (χ0n) is 8.63. The first-order chi connectivity index (χ1) is 7.24. The van der Waals surface area contributed by atoms with Crippen LogP contribution < -0.4 is 5.32 Å². The molecule has 2 fully saturated rings. The van der Waals surface area contributed by atoms with E-state index in [0.29, 0.717) is 11.5 Å². The van der Waals surface area contributed by atoms with E-state index in [1.807, 2.05) is 0 Å². The van der Waals surface area contributed by atoms with Gasteiger partial charge in [0.15, 0.2) is 0 Å². The van der Waals surface area contributed by atoms with E-state index in [0.717, 1.165) is 45.1 Å². The van der Waals surface area contributed by atoms with Crippen molar-refractivity contribution in [3.05, 3.63) is 0 Å². The fraction of sp³-hybridized carbons (Fsp3) is 0.900. The number of carbonyl (C=O) groups is 1. The van der Waals surface area contributed by atoms with Crippen molar-refractivity contribution in [2.24, 2.45) is 5.41 Å². The van der Waals surface area contributed by atoms with Gasteiger partial charge in [0.25, 0.3) is 0 Å². The molecule has 0 atom stereocenters. The van der Waals surface area contributed by atoms with Crippen molar-refractivity contribution in [3.8, 4) is 0 Å². The van der Waals surface area contributed by atoms with E-state index in [2.05, 4.69) is 26.5 Å². The molecule has 1 amide bonds. The molecule has 0 aromatic carbocycles. The van der Waals surface area contributed by atoms with Crippen LogP contribution in [0.3, 0.4) is 0 Å². The summed E-state index contributed by atoms with van der Waals surface area (Å²) in [7, 11) is 1.43. The van der Waals surface area contributed by atoms with Crippen molar-refractivity contribution >= 4 is 36.3 Å². The summed E-state index contributed by atoms with van der Waals surface area (Å²) in [6.45, 7) is 0.866. The van der Waals surface area contributed by atoms with Crippen LogP contribution in [0.4, 0.5) is 0 Å². The summed E-state index contributed by atoms with van der Waals surface area (Å²) >= 11 is 2.17. The summed E-state index contributed by atoms with van der Waals surface area (Å²) in [5, 5.41) is 2.91. The lowest BCUT2D eigenvalue weighted by Crippen LogP contribution is -2.43. The lowest BCUT2D eigenvalue weighted by atomic mass is 9.67. The average molecular weight is 341 g/mol. The fourth-order valence-corrected chi connectivity index (χ4v) is 3.91. The maximum atomic E-state index is 11.4. The average Bonchev–Trinajstić information content (AvgIpc) is 2.22. The van der Waals surface area contributed by atoms with Crippen LogP contribution in [0, 0.1) is 5.41 Å². The van der Waals surface area contributed by atoms with Crippen LogP contribution in [-0.2, 0) is 8.98 Å². The Morgan fingerprint density at radius 3 is 2.73 bits per heavy atom. The highest BCUT2D eigenvalue weighted by Gasteiger charge is 2.39. The maximum absolute atomic E-state index is 11.4. The third kappa shape index (κ3) is 3.00. The fourth-order valence-electron chi connectivity index (χ4n) is 2.74. The van der Waals surface area contributed by atoms with Gasteiger partial charge in [-0.2, -0.15) is 0 Å². The van der Waals surface area contributed by atoms with E-state index in [-0.39, 0.29) is 5.91 Å². The largest absolute Gasteiger partial charge is 0.356 e. The Balaban J connectivity index is 1.88. The Kier molecular flexibility index (Phi) is 4.17. The Labute approximate surface area is 107 Å². The van der Waals surface area contributed by atoms with Crippen molar-refractivity contribution in [2.45, 2.75) is 44.6 Å². The van der Waals surface area contributed by atoms with Gasteiger partial charge in [0.2, 0.25) is 5.91 Å². The molecule has 5 heteroatoms. The second kappa shape index (κ2) is 5.23. The van der Waals surface area contributed by atoms with Gasteiger partial charge in [-0.1, -0.05) is 0 Å². The predicted octanol–water partition coefficient (Wildman–Crippen LogP) is 2.84. The molecule has 0 aromatic heterocycles. The van der Waals surface area contributed by atoms with Crippen LogP contribution in [0.15, 0.2) is 0 Å². The minimum atomic E-state index is 0.240. The molecule has 0 radical (unpaired) electrons. The number of carbonyl (C=O) groups excluding carboxylic acids is 1. The van der Waals surface area contributed by atoms with Crippen LogP contribution in [-0.4, -0.2) is 18.6 Å². The zero-order chi connectivity index (χ0) is 10.7. The molecule has 1 spiro atoms. The molecular formula is C10H16INO2S. The summed E-state index contributed by atoms with van der Waals surface area (Å²) in [5.74, 6) is 0.240. The molecule has 0 bridgehead atoms. The Hall–Kier alpha value is 0.510. The summed E-state index contributed by atoms with van der Waals surface area (Å²) < 4.78 is 5.55. The minimum Gasteiger partial charge on any atom is -0.356 e. The standard InChI is InChI=1S/C10H16INO2S/c11-15-14-8-1-3-10(4-2-8)5-6-12-9(13)7-10/h8H,1-7H2,(H,12,13). The van der Waals surface area contributed by atoms with Crippen molar-refractivity contribution in [1.29, 1.82) is 0 Å². The van der Waals surface area contributed by atoms with E-state index in [1.54, 1.807) is 0 Å². The molecule has 1 heterocycles. The lowest BCUT2D eigenvalue weighted by Gasteiger charge is -2.41. The van der Waals surface area contributed by atoms with Gasteiger partial charge < -0.3 is 9.50 Å². The van der Waals surface area contributed by atoms with Crippen molar-refractivity contribution in [1.82, 2.24) is 5.32 Å². The van der Waals surface area contributed by atoms with Crippen LogP contribution in [0.5, 0.6) is 0 Å². The minimum absolute atomic E-state index is 0.240. The van der Waals surface area contributed by atoms with Gasteiger partial charge >= 0.3 is 0 Å². The van der Waals surface area contributed by atoms with Crippen LogP contribution in [0.25, 0.3) is 0 Å². The van der Waals surface area contributed by atoms with E-state index >= 15 is 0 Å². The molecule has 2 aliphatic rings. The number of halogens is 1.